The van der Waals surface area contributed by atoms with Crippen molar-refractivity contribution in [1.29, 1.82) is 0 Å². The number of methoxy groups -OCH3 is 1. The lowest BCUT2D eigenvalue weighted by Crippen LogP contribution is -2.36. The minimum absolute atomic E-state index is 0.118. The smallest absolute Gasteiger partial charge is 0.227 e. The number of hydrogen-bond acceptors (Lipinski definition) is 6. The Labute approximate surface area is 227 Å². The third-order valence-corrected chi connectivity index (χ3v) is 6.12. The van der Waals surface area contributed by atoms with Gasteiger partial charge in [0.05, 0.1) is 42.9 Å². The normalized spacial score (nSPS) is 12.2. The van der Waals surface area contributed by atoms with Crippen LogP contribution in [0.1, 0.15) is 16.8 Å². The first-order valence-electron chi connectivity index (χ1n) is 12.7. The number of aliphatic hydroxyl groups excluding tert-OH is 1. The SMILES string of the molecule is COCCN(Cc1c(C)nn(-c2ccccc2)c1Oc1ccc(F)cc1F)CC(O)COCc1ccccc1. The van der Waals surface area contributed by atoms with Crippen LogP contribution in [-0.4, -0.2) is 59.3 Å². The van der Waals surface area contributed by atoms with Crippen molar-refractivity contribution in [3.8, 4) is 17.3 Å². The summed E-state index contributed by atoms with van der Waals surface area (Å²) in [5.41, 5.74) is 3.13. The molecule has 9 heteroatoms. The molecule has 4 aromatic rings. The second kappa shape index (κ2) is 14.0. The molecule has 206 valence electrons. The summed E-state index contributed by atoms with van der Waals surface area (Å²) in [6.45, 7) is 4.01. The number of benzene rings is 3. The maximum atomic E-state index is 14.6. The lowest BCUT2D eigenvalue weighted by molar-refractivity contribution is 0.00466. The average Bonchev–Trinajstić information content (AvgIpc) is 3.24. The number of rotatable bonds is 14. The van der Waals surface area contributed by atoms with E-state index in [9.17, 15) is 13.9 Å². The predicted octanol–water partition coefficient (Wildman–Crippen LogP) is 5.28. The predicted molar refractivity (Wildman–Crippen MR) is 144 cm³/mol. The highest BCUT2D eigenvalue weighted by Crippen LogP contribution is 2.33. The Kier molecular flexibility index (Phi) is 10.2. The molecule has 0 aliphatic rings. The Morgan fingerprint density at radius 1 is 1.00 bits per heavy atom. The summed E-state index contributed by atoms with van der Waals surface area (Å²) < 4.78 is 46.8. The first-order valence-corrected chi connectivity index (χ1v) is 12.7. The molecule has 0 radical (unpaired) electrons. The van der Waals surface area contributed by atoms with Crippen molar-refractivity contribution in [3.63, 3.8) is 0 Å². The molecule has 1 heterocycles. The van der Waals surface area contributed by atoms with Crippen LogP contribution in [0.15, 0.2) is 78.9 Å². The largest absolute Gasteiger partial charge is 0.435 e. The van der Waals surface area contributed by atoms with Gasteiger partial charge in [0.2, 0.25) is 5.88 Å². The van der Waals surface area contributed by atoms with Crippen LogP contribution >= 0.6 is 0 Å². The van der Waals surface area contributed by atoms with Crippen LogP contribution < -0.4 is 4.74 Å². The Hall–Kier alpha value is -3.63. The first kappa shape index (κ1) is 28.4. The zero-order valence-electron chi connectivity index (χ0n) is 22.1. The molecule has 0 aliphatic heterocycles. The zero-order chi connectivity index (χ0) is 27.6. The zero-order valence-corrected chi connectivity index (χ0v) is 22.1. The van der Waals surface area contributed by atoms with Gasteiger partial charge in [-0.15, -0.1) is 0 Å². The summed E-state index contributed by atoms with van der Waals surface area (Å²) in [5.74, 6) is -1.32. The fraction of sp³-hybridized carbons (Fsp3) is 0.300. The lowest BCUT2D eigenvalue weighted by atomic mass is 10.2. The minimum Gasteiger partial charge on any atom is -0.435 e. The van der Waals surface area contributed by atoms with Crippen LogP contribution in [0.3, 0.4) is 0 Å². The van der Waals surface area contributed by atoms with Gasteiger partial charge in [-0.25, -0.2) is 13.5 Å². The number of hydrogen-bond donors (Lipinski definition) is 1. The van der Waals surface area contributed by atoms with E-state index < -0.39 is 17.7 Å². The molecule has 7 nitrogen and oxygen atoms in total. The molecule has 0 saturated carbocycles. The van der Waals surface area contributed by atoms with Gasteiger partial charge >= 0.3 is 0 Å². The van der Waals surface area contributed by atoms with E-state index in [4.69, 9.17) is 14.2 Å². The maximum Gasteiger partial charge on any atom is 0.227 e. The van der Waals surface area contributed by atoms with E-state index in [0.29, 0.717) is 50.0 Å². The molecule has 0 fully saturated rings. The number of ether oxygens (including phenoxy) is 3. The van der Waals surface area contributed by atoms with E-state index in [2.05, 4.69) is 5.10 Å². The highest BCUT2D eigenvalue weighted by atomic mass is 19.1. The highest BCUT2D eigenvalue weighted by molar-refractivity contribution is 5.43. The van der Waals surface area contributed by atoms with Crippen molar-refractivity contribution in [2.75, 3.05) is 33.4 Å². The van der Waals surface area contributed by atoms with E-state index in [1.165, 1.54) is 6.07 Å². The molecule has 0 spiro atoms. The molecule has 1 aromatic heterocycles. The molecule has 3 aromatic carbocycles. The molecule has 0 amide bonds. The fourth-order valence-corrected chi connectivity index (χ4v) is 4.15. The Balaban J connectivity index is 1.56. The number of aryl methyl sites for hydroxylation is 1. The van der Waals surface area contributed by atoms with E-state index >= 15 is 0 Å². The molecule has 4 rings (SSSR count). The van der Waals surface area contributed by atoms with E-state index in [1.807, 2.05) is 72.5 Å². The molecule has 1 unspecified atom stereocenters. The third kappa shape index (κ3) is 7.93. The summed E-state index contributed by atoms with van der Waals surface area (Å²) in [5, 5.41) is 15.4. The van der Waals surface area contributed by atoms with Crippen LogP contribution in [0.25, 0.3) is 5.69 Å². The quantitative estimate of drug-likeness (QED) is 0.236. The Morgan fingerprint density at radius 3 is 2.41 bits per heavy atom. The monoisotopic (exact) mass is 537 g/mol. The van der Waals surface area contributed by atoms with Gasteiger partial charge in [-0.05, 0) is 36.8 Å². The van der Waals surface area contributed by atoms with E-state index in [1.54, 1.807) is 11.8 Å². The van der Waals surface area contributed by atoms with Gasteiger partial charge in [0.25, 0.3) is 0 Å². The van der Waals surface area contributed by atoms with Crippen molar-refractivity contribution in [3.05, 3.63) is 107 Å². The summed E-state index contributed by atoms with van der Waals surface area (Å²) in [4.78, 5) is 2.01. The van der Waals surface area contributed by atoms with E-state index in [0.717, 1.165) is 23.4 Å². The van der Waals surface area contributed by atoms with Crippen LogP contribution in [0.5, 0.6) is 11.6 Å². The van der Waals surface area contributed by atoms with Gasteiger partial charge in [-0.2, -0.15) is 5.10 Å². The van der Waals surface area contributed by atoms with Crippen LogP contribution in [0.2, 0.25) is 0 Å². The molecule has 0 saturated heterocycles. The van der Waals surface area contributed by atoms with Crippen molar-refractivity contribution in [1.82, 2.24) is 14.7 Å². The van der Waals surface area contributed by atoms with Crippen LogP contribution in [0, 0.1) is 18.6 Å². The van der Waals surface area contributed by atoms with Crippen LogP contribution in [0.4, 0.5) is 8.78 Å². The Morgan fingerprint density at radius 2 is 1.72 bits per heavy atom. The van der Waals surface area contributed by atoms with Gasteiger partial charge in [-0.3, -0.25) is 4.90 Å². The van der Waals surface area contributed by atoms with E-state index in [-0.39, 0.29) is 12.4 Å². The summed E-state index contributed by atoms with van der Waals surface area (Å²) >= 11 is 0. The first-order chi connectivity index (χ1) is 18.9. The van der Waals surface area contributed by atoms with Gasteiger partial charge in [-0.1, -0.05) is 48.5 Å². The number of aromatic nitrogens is 2. The number of para-hydroxylation sites is 1. The topological polar surface area (TPSA) is 69.0 Å². The average molecular weight is 538 g/mol. The lowest BCUT2D eigenvalue weighted by Gasteiger charge is -2.25. The second-order valence-corrected chi connectivity index (χ2v) is 9.18. The molecule has 0 bridgehead atoms. The highest BCUT2D eigenvalue weighted by Gasteiger charge is 2.23. The summed E-state index contributed by atoms with van der Waals surface area (Å²) in [6, 6.07) is 22.3. The molecule has 0 aliphatic carbocycles. The standard InChI is InChI=1S/C30H33F2N3O4/c1-22-27(19-34(15-16-37-2)18-26(36)21-38-20-23-9-5-3-6-10-23)30(35(33-22)25-11-7-4-8-12-25)39-29-14-13-24(31)17-28(29)32/h3-14,17,26,36H,15-16,18-21H2,1-2H3. The molecular formula is C30H33F2N3O4. The van der Waals surface area contributed by atoms with Gasteiger partial charge < -0.3 is 19.3 Å². The van der Waals surface area contributed by atoms with Gasteiger partial charge in [0, 0.05) is 32.8 Å². The van der Waals surface area contributed by atoms with Gasteiger partial charge in [0.1, 0.15) is 5.82 Å². The minimum atomic E-state index is -0.818. The van der Waals surface area contributed by atoms with Crippen molar-refractivity contribution in [2.24, 2.45) is 0 Å². The van der Waals surface area contributed by atoms with Gasteiger partial charge in [0.15, 0.2) is 11.6 Å². The number of halogens is 2. The third-order valence-electron chi connectivity index (χ3n) is 6.12. The summed E-state index contributed by atoms with van der Waals surface area (Å²) in [6.07, 6.45) is -0.756. The number of nitrogens with zero attached hydrogens (tertiary/aromatic N) is 3. The molecule has 1 atom stereocenters. The second-order valence-electron chi connectivity index (χ2n) is 9.18. The molecule has 39 heavy (non-hydrogen) atoms. The van der Waals surface area contributed by atoms with Crippen molar-refractivity contribution in [2.45, 2.75) is 26.2 Å². The number of aliphatic hydroxyl groups is 1. The molecular weight excluding hydrogens is 504 g/mol. The Bertz CT molecular complexity index is 1320. The maximum absolute atomic E-state index is 14.6. The molecule has 1 N–H and O–H groups in total. The van der Waals surface area contributed by atoms with Crippen molar-refractivity contribution < 1.29 is 28.1 Å². The fourth-order valence-electron chi connectivity index (χ4n) is 4.15. The van der Waals surface area contributed by atoms with Crippen molar-refractivity contribution >= 4 is 0 Å². The van der Waals surface area contributed by atoms with Crippen LogP contribution in [-0.2, 0) is 22.6 Å². The summed E-state index contributed by atoms with van der Waals surface area (Å²) in [7, 11) is 1.61.